The van der Waals surface area contributed by atoms with Crippen LogP contribution in [0.3, 0.4) is 0 Å². The molecule has 0 amide bonds. The zero-order valence-electron chi connectivity index (χ0n) is 33.4. The van der Waals surface area contributed by atoms with Crippen molar-refractivity contribution in [3.8, 4) is 23.0 Å². The minimum Gasteiger partial charge on any atom is -0.497 e. The van der Waals surface area contributed by atoms with E-state index in [1.54, 1.807) is 0 Å². The van der Waals surface area contributed by atoms with Gasteiger partial charge in [0.1, 0.15) is 23.0 Å². The lowest BCUT2D eigenvalue weighted by Gasteiger charge is -2.38. The number of halogens is 10. The molecule has 2 aliphatic heterocycles. The lowest BCUT2D eigenvalue weighted by Crippen LogP contribution is -2.46. The Labute approximate surface area is 356 Å². The molecular weight excluding hydrogens is 863 g/mol. The van der Waals surface area contributed by atoms with Crippen molar-refractivity contribution >= 4 is 22.8 Å². The van der Waals surface area contributed by atoms with E-state index in [0.717, 1.165) is 0 Å². The first-order valence-corrected chi connectivity index (χ1v) is 18.7. The summed E-state index contributed by atoms with van der Waals surface area (Å²) >= 11 is 0. The molecule has 64 heavy (non-hydrogen) atoms. The number of ether oxygens (including phenoxy) is 4. The van der Waals surface area contributed by atoms with E-state index in [1.165, 1.54) is 126 Å². The molecule has 0 saturated heterocycles. The molecule has 0 atom stereocenters. The number of methoxy groups -OCH3 is 4. The van der Waals surface area contributed by atoms with Gasteiger partial charge in [-0.15, -0.1) is 0 Å². The summed E-state index contributed by atoms with van der Waals surface area (Å²) in [7, 11) is 5.14. The van der Waals surface area contributed by atoms with Gasteiger partial charge in [0.15, 0.2) is 46.5 Å². The van der Waals surface area contributed by atoms with E-state index in [0.29, 0.717) is 0 Å². The van der Waals surface area contributed by atoms with Gasteiger partial charge < -0.3 is 18.9 Å². The van der Waals surface area contributed by atoms with Crippen LogP contribution in [0.4, 0.5) is 43.9 Å². The second-order valence-corrected chi connectivity index (χ2v) is 14.0. The molecule has 18 heteroatoms. The fraction of sp³-hybridized carbons (Fsp3) is 0.130. The molecule has 0 aromatic heterocycles. The third-order valence-corrected chi connectivity index (χ3v) is 10.5. The van der Waals surface area contributed by atoms with Crippen molar-refractivity contribution in [2.75, 3.05) is 28.4 Å². The maximum atomic E-state index is 17.0. The van der Waals surface area contributed by atoms with Crippen molar-refractivity contribution in [2.45, 2.75) is 11.3 Å². The summed E-state index contributed by atoms with van der Waals surface area (Å²) in [6.07, 6.45) is 0. The first kappa shape index (κ1) is 43.2. The average molecular weight is 891 g/mol. The standard InChI is InChI=1S/C46H28F10N4O4/c1-61-25-13-5-9-21(17-25)41-42(22-10-6-14-26(18-22)62-2)58-45(57-41,29-31(47)35(51)39(55)36(52)32(29)48)46(30-33(49)37(53)40(56)38(54)34(30)50)59-43(23-11-7-15-27(19-23)63-3)44(60-46)24-12-8-16-28(20-24)64-4/h5-20H,1-4H3. The molecule has 0 bridgehead atoms. The first-order chi connectivity index (χ1) is 30.6. The van der Waals surface area contributed by atoms with Crippen molar-refractivity contribution in [3.63, 3.8) is 0 Å². The first-order valence-electron chi connectivity index (χ1n) is 18.7. The molecule has 6 aromatic carbocycles. The number of hydrogen-bond acceptors (Lipinski definition) is 8. The summed E-state index contributed by atoms with van der Waals surface area (Å²) < 4.78 is 183. The van der Waals surface area contributed by atoms with Gasteiger partial charge in [0.25, 0.3) is 0 Å². The third-order valence-electron chi connectivity index (χ3n) is 10.5. The Morgan fingerprint density at radius 2 is 0.516 bits per heavy atom. The highest BCUT2D eigenvalue weighted by atomic mass is 19.2. The van der Waals surface area contributed by atoms with Crippen LogP contribution in [-0.2, 0) is 11.3 Å². The summed E-state index contributed by atoms with van der Waals surface area (Å²) in [5.74, 6) is -25.8. The Kier molecular flexibility index (Phi) is 11.0. The predicted octanol–water partition coefficient (Wildman–Crippen LogP) is 10.1. The van der Waals surface area contributed by atoms with Crippen LogP contribution in [-0.4, -0.2) is 51.3 Å². The van der Waals surface area contributed by atoms with Crippen LogP contribution in [0.15, 0.2) is 117 Å². The largest absolute Gasteiger partial charge is 0.497 e. The van der Waals surface area contributed by atoms with Crippen LogP contribution in [0.5, 0.6) is 23.0 Å². The summed E-state index contributed by atoms with van der Waals surface area (Å²) in [6.45, 7) is 0. The van der Waals surface area contributed by atoms with Crippen molar-refractivity contribution in [1.82, 2.24) is 0 Å². The van der Waals surface area contributed by atoms with E-state index in [-0.39, 0.29) is 45.3 Å². The van der Waals surface area contributed by atoms with Gasteiger partial charge in [-0.3, -0.25) is 0 Å². The van der Waals surface area contributed by atoms with E-state index < -0.39 is 103 Å². The maximum Gasteiger partial charge on any atom is 0.232 e. The van der Waals surface area contributed by atoms with Crippen LogP contribution in [0.1, 0.15) is 33.4 Å². The smallest absolute Gasteiger partial charge is 0.232 e. The summed E-state index contributed by atoms with van der Waals surface area (Å²) in [5, 5.41) is 0. The van der Waals surface area contributed by atoms with Crippen molar-refractivity contribution in [3.05, 3.63) is 189 Å². The average Bonchev–Trinajstić information content (AvgIpc) is 3.94. The zero-order valence-corrected chi connectivity index (χ0v) is 33.4. The van der Waals surface area contributed by atoms with Gasteiger partial charge in [-0.1, -0.05) is 48.5 Å². The molecule has 6 aromatic rings. The third kappa shape index (κ3) is 6.62. The topological polar surface area (TPSA) is 86.4 Å². The van der Waals surface area contributed by atoms with Crippen molar-refractivity contribution in [2.24, 2.45) is 20.0 Å². The van der Waals surface area contributed by atoms with Crippen LogP contribution >= 0.6 is 0 Å². The number of nitrogens with zero attached hydrogens (tertiary/aromatic N) is 4. The minimum absolute atomic E-state index is 0.0498. The van der Waals surface area contributed by atoms with Crippen molar-refractivity contribution in [1.29, 1.82) is 0 Å². The molecule has 2 heterocycles. The van der Waals surface area contributed by atoms with Crippen LogP contribution in [0.25, 0.3) is 0 Å². The molecule has 0 unspecified atom stereocenters. The normalized spacial score (nSPS) is 15.0. The van der Waals surface area contributed by atoms with E-state index >= 15 is 43.9 Å². The molecule has 8 nitrogen and oxygen atoms in total. The molecule has 0 N–H and O–H groups in total. The Bertz CT molecular complexity index is 2660. The summed E-state index contributed by atoms with van der Waals surface area (Å²) in [6, 6.07) is 22.3. The zero-order chi connectivity index (χ0) is 45.8. The van der Waals surface area contributed by atoms with Gasteiger partial charge >= 0.3 is 0 Å². The molecule has 0 spiro atoms. The number of benzene rings is 6. The van der Waals surface area contributed by atoms with Gasteiger partial charge in [0.05, 0.1) is 62.4 Å². The SMILES string of the molecule is COc1cccc(C2=NC(c3c(F)c(F)c(F)c(F)c3F)(C3(c4c(F)c(F)c(F)c(F)c4F)N=C(c4cccc(OC)c4)C(c4cccc(OC)c4)=N3)N=C2c2cccc(OC)c2)c1. The van der Waals surface area contributed by atoms with Crippen LogP contribution in [0, 0.1) is 58.2 Å². The Hall–Kier alpha value is -7.50. The second-order valence-electron chi connectivity index (χ2n) is 14.0. The van der Waals surface area contributed by atoms with Gasteiger partial charge in [0.2, 0.25) is 23.0 Å². The lowest BCUT2D eigenvalue weighted by atomic mass is 9.80. The molecule has 0 radical (unpaired) electrons. The van der Waals surface area contributed by atoms with Crippen molar-refractivity contribution < 1.29 is 62.9 Å². The maximum absolute atomic E-state index is 17.0. The molecule has 326 valence electrons. The molecule has 0 saturated carbocycles. The predicted molar refractivity (Wildman–Crippen MR) is 214 cm³/mol. The highest BCUT2D eigenvalue weighted by Gasteiger charge is 2.66. The fourth-order valence-electron chi connectivity index (χ4n) is 7.50. The lowest BCUT2D eigenvalue weighted by molar-refractivity contribution is 0.211. The molecule has 0 fully saturated rings. The fourth-order valence-corrected chi connectivity index (χ4v) is 7.50. The van der Waals surface area contributed by atoms with E-state index in [2.05, 4.69) is 20.0 Å². The number of rotatable bonds is 11. The summed E-state index contributed by atoms with van der Waals surface area (Å²) in [4.78, 5) is 18.2. The Balaban J connectivity index is 1.68. The van der Waals surface area contributed by atoms with Gasteiger partial charge in [-0.05, 0) is 48.5 Å². The Morgan fingerprint density at radius 3 is 0.719 bits per heavy atom. The van der Waals surface area contributed by atoms with Crippen LogP contribution in [0.2, 0.25) is 0 Å². The van der Waals surface area contributed by atoms with Gasteiger partial charge in [-0.25, -0.2) is 63.9 Å². The number of aliphatic imine (C=N–C) groups is 4. The molecule has 2 aliphatic rings. The summed E-state index contributed by atoms with van der Waals surface area (Å²) in [5.41, 5.74) is -13.9. The quantitative estimate of drug-likeness (QED) is 0.0737. The molecule has 8 rings (SSSR count). The molecular formula is C46H28F10N4O4. The number of hydrogen-bond donors (Lipinski definition) is 0. The highest BCUT2D eigenvalue weighted by molar-refractivity contribution is 6.56. The van der Waals surface area contributed by atoms with Crippen LogP contribution < -0.4 is 18.9 Å². The van der Waals surface area contributed by atoms with E-state index in [9.17, 15) is 0 Å². The molecule has 0 aliphatic carbocycles. The van der Waals surface area contributed by atoms with Gasteiger partial charge in [-0.2, -0.15) is 0 Å². The highest BCUT2D eigenvalue weighted by Crippen LogP contribution is 2.58. The minimum atomic E-state index is -3.85. The Morgan fingerprint density at radius 1 is 0.312 bits per heavy atom. The van der Waals surface area contributed by atoms with E-state index in [1.807, 2.05) is 0 Å². The second kappa shape index (κ2) is 16.3. The van der Waals surface area contributed by atoms with Gasteiger partial charge in [0, 0.05) is 22.3 Å². The van der Waals surface area contributed by atoms with E-state index in [4.69, 9.17) is 18.9 Å². The monoisotopic (exact) mass is 890 g/mol.